The van der Waals surface area contributed by atoms with E-state index >= 15 is 0 Å². The van der Waals surface area contributed by atoms with E-state index in [2.05, 4.69) is 30.8 Å². The molecule has 3 N–H and O–H groups in total. The van der Waals surface area contributed by atoms with Gasteiger partial charge in [-0.15, -0.1) is 0 Å². The predicted molar refractivity (Wildman–Crippen MR) is 75.8 cm³/mol. The van der Waals surface area contributed by atoms with Gasteiger partial charge in [-0.1, -0.05) is 6.92 Å². The maximum absolute atomic E-state index is 12.0. The van der Waals surface area contributed by atoms with Crippen molar-refractivity contribution >= 4 is 34.6 Å². The number of aromatic nitrogens is 4. The number of H-pyrrole nitrogens is 1. The number of nitrogens with one attached hydrogen (secondary N) is 3. The van der Waals surface area contributed by atoms with Crippen LogP contribution in [0.25, 0.3) is 11.0 Å². The Kier molecular flexibility index (Phi) is 3.16. The Bertz CT molecular complexity index is 711. The van der Waals surface area contributed by atoms with Gasteiger partial charge in [0.1, 0.15) is 11.9 Å². The molecule has 1 aliphatic heterocycles. The van der Waals surface area contributed by atoms with E-state index in [0.29, 0.717) is 29.2 Å². The first-order valence-electron chi connectivity index (χ1n) is 6.63. The number of piperazine rings is 1. The van der Waals surface area contributed by atoms with Crippen molar-refractivity contribution in [3.05, 3.63) is 6.20 Å². The second-order valence-corrected chi connectivity index (χ2v) is 4.72. The minimum absolute atomic E-state index is 0.0741. The van der Waals surface area contributed by atoms with Crippen molar-refractivity contribution in [3.8, 4) is 0 Å². The number of hydrogen-bond donors (Lipinski definition) is 3. The van der Waals surface area contributed by atoms with Crippen molar-refractivity contribution in [1.82, 2.24) is 25.5 Å². The summed E-state index contributed by atoms with van der Waals surface area (Å²) in [5.41, 5.74) is 0.553. The molecule has 0 radical (unpaired) electrons. The molecule has 0 aromatic carbocycles. The van der Waals surface area contributed by atoms with Gasteiger partial charge in [0.2, 0.25) is 17.8 Å². The Morgan fingerprint density at radius 3 is 2.95 bits per heavy atom. The van der Waals surface area contributed by atoms with Crippen LogP contribution in [0.3, 0.4) is 0 Å². The summed E-state index contributed by atoms with van der Waals surface area (Å²) in [5, 5.41) is 12.6. The number of rotatable bonds is 3. The highest BCUT2D eigenvalue weighted by atomic mass is 16.2. The lowest BCUT2D eigenvalue weighted by Crippen LogP contribution is -2.58. The van der Waals surface area contributed by atoms with Crippen LogP contribution in [0.1, 0.15) is 13.3 Å². The largest absolute Gasteiger partial charge is 0.357 e. The molecule has 1 saturated heterocycles. The average molecular weight is 289 g/mol. The summed E-state index contributed by atoms with van der Waals surface area (Å²) in [6.45, 7) is 1.96. The van der Waals surface area contributed by atoms with E-state index in [9.17, 15) is 9.59 Å². The molecule has 1 atom stereocenters. The summed E-state index contributed by atoms with van der Waals surface area (Å²) in [6, 6.07) is -0.444. The van der Waals surface area contributed by atoms with Crippen LogP contribution in [0.5, 0.6) is 0 Å². The van der Waals surface area contributed by atoms with Gasteiger partial charge in [-0.25, -0.2) is 0 Å². The van der Waals surface area contributed by atoms with Crippen molar-refractivity contribution in [2.45, 2.75) is 19.4 Å². The van der Waals surface area contributed by atoms with Crippen LogP contribution in [0.15, 0.2) is 6.20 Å². The van der Waals surface area contributed by atoms with Crippen molar-refractivity contribution in [3.63, 3.8) is 0 Å². The van der Waals surface area contributed by atoms with Gasteiger partial charge in [-0.2, -0.15) is 15.1 Å². The Morgan fingerprint density at radius 1 is 1.43 bits per heavy atom. The third-order valence-corrected chi connectivity index (χ3v) is 3.43. The topological polar surface area (TPSA) is 116 Å². The van der Waals surface area contributed by atoms with Crippen LogP contribution < -0.4 is 15.5 Å². The molecule has 9 nitrogen and oxygen atoms in total. The minimum Gasteiger partial charge on any atom is -0.357 e. The lowest BCUT2D eigenvalue weighted by molar-refractivity contribution is -0.132. The molecule has 3 rings (SSSR count). The fourth-order valence-electron chi connectivity index (χ4n) is 2.45. The van der Waals surface area contributed by atoms with Crippen LogP contribution in [0.4, 0.5) is 11.8 Å². The summed E-state index contributed by atoms with van der Waals surface area (Å²) in [6.07, 6.45) is 2.16. The van der Waals surface area contributed by atoms with Gasteiger partial charge in [0.05, 0.1) is 18.1 Å². The van der Waals surface area contributed by atoms with E-state index < -0.39 is 6.04 Å². The fraction of sp³-hybridized carbons (Fsp3) is 0.417. The van der Waals surface area contributed by atoms with Crippen LogP contribution >= 0.6 is 0 Å². The molecule has 0 saturated carbocycles. The third-order valence-electron chi connectivity index (χ3n) is 3.43. The van der Waals surface area contributed by atoms with Gasteiger partial charge >= 0.3 is 0 Å². The predicted octanol–water partition coefficient (Wildman–Crippen LogP) is -0.364. The quantitative estimate of drug-likeness (QED) is 0.660. The summed E-state index contributed by atoms with van der Waals surface area (Å²) >= 11 is 0. The van der Waals surface area contributed by atoms with Gasteiger partial charge in [0, 0.05) is 7.05 Å². The molecule has 2 amide bonds. The fourth-order valence-corrected chi connectivity index (χ4v) is 2.45. The van der Waals surface area contributed by atoms with Crippen LogP contribution in [0, 0.1) is 0 Å². The Labute approximate surface area is 120 Å². The maximum Gasteiger partial charge on any atom is 0.249 e. The zero-order valence-corrected chi connectivity index (χ0v) is 11.7. The number of carbonyl (C=O) groups excluding carboxylic acids is 2. The second kappa shape index (κ2) is 5.00. The zero-order valence-electron chi connectivity index (χ0n) is 11.7. The first kappa shape index (κ1) is 13.3. The van der Waals surface area contributed by atoms with Gasteiger partial charge < -0.3 is 10.2 Å². The molecule has 0 bridgehead atoms. The first-order valence-corrected chi connectivity index (χ1v) is 6.63. The molecule has 0 aliphatic carbocycles. The highest BCUT2D eigenvalue weighted by molar-refractivity contribution is 6.06. The van der Waals surface area contributed by atoms with E-state index in [0.717, 1.165) is 0 Å². The van der Waals surface area contributed by atoms with Crippen LogP contribution in [-0.2, 0) is 9.59 Å². The molecular formula is C12H15N7O2. The molecule has 2 aromatic heterocycles. The van der Waals surface area contributed by atoms with Gasteiger partial charge in [0.15, 0.2) is 5.65 Å². The van der Waals surface area contributed by atoms with Gasteiger partial charge in [-0.3, -0.25) is 20.0 Å². The monoisotopic (exact) mass is 289 g/mol. The third kappa shape index (κ3) is 2.16. The normalized spacial score (nSPS) is 19.0. The maximum atomic E-state index is 12.0. The van der Waals surface area contributed by atoms with E-state index in [1.807, 2.05) is 6.92 Å². The number of carbonyl (C=O) groups is 2. The summed E-state index contributed by atoms with van der Waals surface area (Å²) in [4.78, 5) is 34.0. The number of amides is 2. The minimum atomic E-state index is -0.444. The molecule has 0 spiro atoms. The standard InChI is InChI=1S/C12H15N7O2/c1-3-7-11(21)15-8(20)5-19(7)10-6-4-14-18-9(6)16-12(13-2)17-10/h4,7H,3,5H2,1-2H3,(H,15,20,21)(H2,13,14,16,17,18). The number of anilines is 2. The number of imide groups is 1. The van der Waals surface area contributed by atoms with Crippen LogP contribution in [0.2, 0.25) is 0 Å². The Morgan fingerprint density at radius 2 is 2.24 bits per heavy atom. The van der Waals surface area contributed by atoms with E-state index in [1.165, 1.54) is 0 Å². The van der Waals surface area contributed by atoms with Crippen molar-refractivity contribution in [2.75, 3.05) is 23.8 Å². The van der Waals surface area contributed by atoms with Crippen molar-refractivity contribution in [2.24, 2.45) is 0 Å². The zero-order chi connectivity index (χ0) is 15.0. The Hall–Kier alpha value is -2.71. The molecule has 110 valence electrons. The summed E-state index contributed by atoms with van der Waals surface area (Å²) in [5.74, 6) is 0.268. The van der Waals surface area contributed by atoms with Gasteiger partial charge in [0.25, 0.3) is 0 Å². The molecule has 21 heavy (non-hydrogen) atoms. The summed E-state index contributed by atoms with van der Waals surface area (Å²) < 4.78 is 0. The molecule has 1 unspecified atom stereocenters. The number of aromatic amines is 1. The second-order valence-electron chi connectivity index (χ2n) is 4.72. The Balaban J connectivity index is 2.14. The molecule has 9 heteroatoms. The highest BCUT2D eigenvalue weighted by Crippen LogP contribution is 2.27. The van der Waals surface area contributed by atoms with Crippen molar-refractivity contribution in [1.29, 1.82) is 0 Å². The van der Waals surface area contributed by atoms with Crippen LogP contribution in [-0.4, -0.2) is 51.6 Å². The average Bonchev–Trinajstić information content (AvgIpc) is 2.93. The molecule has 2 aromatic rings. The van der Waals surface area contributed by atoms with E-state index in [-0.39, 0.29) is 18.4 Å². The summed E-state index contributed by atoms with van der Waals surface area (Å²) in [7, 11) is 1.70. The lowest BCUT2D eigenvalue weighted by Gasteiger charge is -2.34. The molecule has 1 aliphatic rings. The molecule has 1 fully saturated rings. The first-order chi connectivity index (χ1) is 10.1. The lowest BCUT2D eigenvalue weighted by atomic mass is 10.1. The highest BCUT2D eigenvalue weighted by Gasteiger charge is 2.34. The van der Waals surface area contributed by atoms with E-state index in [1.54, 1.807) is 18.1 Å². The number of hydrogen-bond acceptors (Lipinski definition) is 7. The molecule has 3 heterocycles. The SMILES string of the molecule is CCC1C(=O)NC(=O)CN1c1nc(NC)nc2[nH]ncc12. The number of nitrogens with zero attached hydrogens (tertiary/aromatic N) is 4. The number of fused-ring (bicyclic) bond motifs is 1. The van der Waals surface area contributed by atoms with E-state index in [4.69, 9.17) is 0 Å². The van der Waals surface area contributed by atoms with Crippen molar-refractivity contribution < 1.29 is 9.59 Å². The molecular weight excluding hydrogens is 274 g/mol. The van der Waals surface area contributed by atoms with Gasteiger partial charge in [-0.05, 0) is 6.42 Å². The smallest absolute Gasteiger partial charge is 0.249 e.